The maximum Gasteiger partial charge on any atom is 0.0931 e. The molecule has 1 nitrogen and oxygen atoms in total. The van der Waals surface area contributed by atoms with Crippen LogP contribution >= 0.6 is 22.9 Å². The minimum atomic E-state index is 0.209. The lowest BCUT2D eigenvalue weighted by Crippen LogP contribution is -2.21. The molecule has 0 atom stereocenters. The van der Waals surface area contributed by atoms with Gasteiger partial charge in [-0.2, -0.15) is 0 Å². The molecule has 2 rings (SSSR count). The van der Waals surface area contributed by atoms with E-state index in [1.165, 1.54) is 30.6 Å². The first-order valence-corrected chi connectivity index (χ1v) is 5.91. The molecule has 72 valence electrons. The van der Waals surface area contributed by atoms with Crippen LogP contribution in [0.3, 0.4) is 0 Å². The van der Waals surface area contributed by atoms with Crippen molar-refractivity contribution in [2.24, 2.45) is 5.73 Å². The zero-order valence-electron chi connectivity index (χ0n) is 7.55. The molecule has 1 saturated carbocycles. The zero-order valence-corrected chi connectivity index (χ0v) is 9.13. The number of hydrogen-bond acceptors (Lipinski definition) is 2. The highest BCUT2D eigenvalue weighted by molar-refractivity contribution is 7.16. The highest BCUT2D eigenvalue weighted by atomic mass is 35.5. The van der Waals surface area contributed by atoms with Crippen LogP contribution in [-0.4, -0.2) is 5.54 Å². The fourth-order valence-electron chi connectivity index (χ4n) is 1.51. The largest absolute Gasteiger partial charge is 0.325 e. The van der Waals surface area contributed by atoms with Gasteiger partial charge in [0.05, 0.1) is 4.34 Å². The van der Waals surface area contributed by atoms with Crippen LogP contribution in [0.25, 0.3) is 0 Å². The summed E-state index contributed by atoms with van der Waals surface area (Å²) in [6.07, 6.45) is 5.95. The van der Waals surface area contributed by atoms with Crippen LogP contribution in [0.5, 0.6) is 0 Å². The molecule has 0 spiro atoms. The highest BCUT2D eigenvalue weighted by Gasteiger charge is 2.36. The van der Waals surface area contributed by atoms with Crippen LogP contribution in [0.15, 0.2) is 12.1 Å². The standard InChI is InChI=1S/C10H14ClNS/c11-9-4-3-8(13-9)2-1-5-10(12)6-7-10/h3-4H,1-2,5-7,12H2. The van der Waals surface area contributed by atoms with Crippen molar-refractivity contribution in [3.05, 3.63) is 21.3 Å². The minimum Gasteiger partial charge on any atom is -0.325 e. The van der Waals surface area contributed by atoms with E-state index < -0.39 is 0 Å². The highest BCUT2D eigenvalue weighted by Crippen LogP contribution is 2.37. The fraction of sp³-hybridized carbons (Fsp3) is 0.600. The summed E-state index contributed by atoms with van der Waals surface area (Å²) in [5, 5.41) is 0. The summed E-state index contributed by atoms with van der Waals surface area (Å²) in [7, 11) is 0. The van der Waals surface area contributed by atoms with Crippen molar-refractivity contribution in [1.82, 2.24) is 0 Å². The second-order valence-electron chi connectivity index (χ2n) is 3.92. The van der Waals surface area contributed by atoms with Crippen molar-refractivity contribution in [3.63, 3.8) is 0 Å². The average molecular weight is 216 g/mol. The van der Waals surface area contributed by atoms with E-state index in [0.717, 1.165) is 10.8 Å². The normalized spacial score (nSPS) is 18.9. The lowest BCUT2D eigenvalue weighted by molar-refractivity contribution is 0.578. The van der Waals surface area contributed by atoms with Gasteiger partial charge in [0, 0.05) is 10.4 Å². The molecule has 2 N–H and O–H groups in total. The van der Waals surface area contributed by atoms with Gasteiger partial charge in [-0.15, -0.1) is 11.3 Å². The van der Waals surface area contributed by atoms with Crippen LogP contribution in [0, 0.1) is 0 Å². The van der Waals surface area contributed by atoms with Gasteiger partial charge in [0.1, 0.15) is 0 Å². The minimum absolute atomic E-state index is 0.209. The fourth-order valence-corrected chi connectivity index (χ4v) is 2.64. The number of rotatable bonds is 4. The Morgan fingerprint density at radius 3 is 2.77 bits per heavy atom. The van der Waals surface area contributed by atoms with Gasteiger partial charge >= 0.3 is 0 Å². The molecule has 1 fully saturated rings. The first-order valence-electron chi connectivity index (χ1n) is 4.71. The predicted octanol–water partition coefficient (Wildman–Crippen LogP) is 3.22. The molecule has 3 heteroatoms. The molecule has 1 aromatic rings. The Morgan fingerprint density at radius 2 is 2.23 bits per heavy atom. The monoisotopic (exact) mass is 215 g/mol. The van der Waals surface area contributed by atoms with Crippen LogP contribution < -0.4 is 5.73 Å². The van der Waals surface area contributed by atoms with Crippen molar-refractivity contribution in [2.45, 2.75) is 37.6 Å². The van der Waals surface area contributed by atoms with Gasteiger partial charge in [0.2, 0.25) is 0 Å². The summed E-state index contributed by atoms with van der Waals surface area (Å²) in [4.78, 5) is 1.38. The van der Waals surface area contributed by atoms with Crippen molar-refractivity contribution >= 4 is 22.9 Å². The molecule has 0 amide bonds. The van der Waals surface area contributed by atoms with Gasteiger partial charge in [0.25, 0.3) is 0 Å². The molecule has 1 heterocycles. The van der Waals surface area contributed by atoms with Gasteiger partial charge in [-0.25, -0.2) is 0 Å². The maximum atomic E-state index is 5.99. The smallest absolute Gasteiger partial charge is 0.0931 e. The quantitative estimate of drug-likeness (QED) is 0.820. The molecule has 1 aliphatic rings. The summed E-state index contributed by atoms with van der Waals surface area (Å²) in [6, 6.07) is 4.08. The van der Waals surface area contributed by atoms with E-state index in [2.05, 4.69) is 6.07 Å². The molecule has 0 aliphatic heterocycles. The molecule has 13 heavy (non-hydrogen) atoms. The van der Waals surface area contributed by atoms with Crippen molar-refractivity contribution < 1.29 is 0 Å². The van der Waals surface area contributed by atoms with Gasteiger partial charge in [0.15, 0.2) is 0 Å². The van der Waals surface area contributed by atoms with E-state index >= 15 is 0 Å². The molecular weight excluding hydrogens is 202 g/mol. The van der Waals surface area contributed by atoms with Gasteiger partial charge in [-0.05, 0) is 44.2 Å². The third-order valence-corrected chi connectivity index (χ3v) is 3.91. The van der Waals surface area contributed by atoms with Gasteiger partial charge in [-0.1, -0.05) is 11.6 Å². The number of halogens is 1. The Labute approximate surface area is 87.9 Å². The molecule has 0 unspecified atom stereocenters. The first-order chi connectivity index (χ1) is 6.18. The lowest BCUT2D eigenvalue weighted by Gasteiger charge is -2.06. The summed E-state index contributed by atoms with van der Waals surface area (Å²) in [5.74, 6) is 0. The number of hydrogen-bond donors (Lipinski definition) is 1. The molecule has 1 aromatic heterocycles. The van der Waals surface area contributed by atoms with E-state index in [0.29, 0.717) is 0 Å². The average Bonchev–Trinajstić information content (AvgIpc) is 2.65. The third-order valence-electron chi connectivity index (χ3n) is 2.62. The van der Waals surface area contributed by atoms with E-state index in [1.54, 1.807) is 11.3 Å². The maximum absolute atomic E-state index is 5.99. The van der Waals surface area contributed by atoms with Crippen LogP contribution in [0.4, 0.5) is 0 Å². The molecular formula is C10H14ClNS. The lowest BCUT2D eigenvalue weighted by atomic mass is 10.1. The zero-order chi connectivity index (χ0) is 9.31. The summed E-state index contributed by atoms with van der Waals surface area (Å²) in [6.45, 7) is 0. The summed E-state index contributed by atoms with van der Waals surface area (Å²) < 4.78 is 0.892. The Morgan fingerprint density at radius 1 is 1.46 bits per heavy atom. The van der Waals surface area contributed by atoms with Crippen LogP contribution in [-0.2, 0) is 6.42 Å². The Hall–Kier alpha value is -0.0500. The molecule has 0 radical (unpaired) electrons. The summed E-state index contributed by atoms with van der Waals surface area (Å²) in [5.41, 5.74) is 6.20. The topological polar surface area (TPSA) is 26.0 Å². The second kappa shape index (κ2) is 3.60. The van der Waals surface area contributed by atoms with Gasteiger partial charge < -0.3 is 5.73 Å². The molecule has 0 bridgehead atoms. The number of nitrogens with two attached hydrogens (primary N) is 1. The Bertz CT molecular complexity index is 291. The predicted molar refractivity (Wildman–Crippen MR) is 58.4 cm³/mol. The molecule has 1 aliphatic carbocycles. The van der Waals surface area contributed by atoms with Crippen LogP contribution in [0.1, 0.15) is 30.6 Å². The van der Waals surface area contributed by atoms with Crippen molar-refractivity contribution in [3.8, 4) is 0 Å². The number of aryl methyl sites for hydroxylation is 1. The second-order valence-corrected chi connectivity index (χ2v) is 5.72. The Balaban J connectivity index is 1.73. The first kappa shape index (κ1) is 9.50. The SMILES string of the molecule is NC1(CCCc2ccc(Cl)s2)CC1. The van der Waals surface area contributed by atoms with E-state index in [-0.39, 0.29) is 5.54 Å². The summed E-state index contributed by atoms with van der Waals surface area (Å²) >= 11 is 7.52. The van der Waals surface area contributed by atoms with E-state index in [4.69, 9.17) is 17.3 Å². The third kappa shape index (κ3) is 2.70. The van der Waals surface area contributed by atoms with E-state index in [9.17, 15) is 0 Å². The van der Waals surface area contributed by atoms with E-state index in [1.807, 2.05) is 6.07 Å². The Kier molecular flexibility index (Phi) is 2.63. The molecule has 0 saturated heterocycles. The van der Waals surface area contributed by atoms with Crippen LogP contribution in [0.2, 0.25) is 4.34 Å². The van der Waals surface area contributed by atoms with Crippen molar-refractivity contribution in [1.29, 1.82) is 0 Å². The van der Waals surface area contributed by atoms with Gasteiger partial charge in [-0.3, -0.25) is 0 Å². The molecule has 0 aromatic carbocycles. The van der Waals surface area contributed by atoms with Crippen molar-refractivity contribution in [2.75, 3.05) is 0 Å². The number of thiophene rings is 1.